The molecular weight excluding hydrogens is 318 g/mol. The van der Waals surface area contributed by atoms with E-state index in [2.05, 4.69) is 10.3 Å². The van der Waals surface area contributed by atoms with E-state index in [0.29, 0.717) is 24.8 Å². The van der Waals surface area contributed by atoms with Gasteiger partial charge in [0, 0.05) is 20.1 Å². The smallest absolute Gasteiger partial charge is 0.193 e. The highest BCUT2D eigenvalue weighted by Crippen LogP contribution is 2.24. The van der Waals surface area contributed by atoms with Gasteiger partial charge in [0.05, 0.1) is 23.3 Å². The van der Waals surface area contributed by atoms with Crippen LogP contribution in [0, 0.1) is 0 Å². The van der Waals surface area contributed by atoms with Crippen LogP contribution in [0.1, 0.15) is 26.5 Å². The molecule has 0 bridgehead atoms. The van der Waals surface area contributed by atoms with Crippen LogP contribution in [-0.4, -0.2) is 61.6 Å². The maximum Gasteiger partial charge on any atom is 0.193 e. The van der Waals surface area contributed by atoms with E-state index in [0.717, 1.165) is 0 Å². The normalized spacial score (nSPS) is 23.3. The van der Waals surface area contributed by atoms with Gasteiger partial charge in [0.25, 0.3) is 0 Å². The van der Waals surface area contributed by atoms with E-state index < -0.39 is 20.2 Å². The summed E-state index contributed by atoms with van der Waals surface area (Å²) in [5, 5.41) is 13.6. The summed E-state index contributed by atoms with van der Waals surface area (Å²) in [6, 6.07) is 3.43. The Labute approximate surface area is 137 Å². The van der Waals surface area contributed by atoms with Crippen LogP contribution in [0.2, 0.25) is 0 Å². The third-order valence-corrected chi connectivity index (χ3v) is 6.73. The highest BCUT2D eigenvalue weighted by molar-refractivity contribution is 7.92. The Morgan fingerprint density at radius 3 is 2.78 bits per heavy atom. The summed E-state index contributed by atoms with van der Waals surface area (Å²) in [5.74, 6) is 1.12. The molecule has 1 aromatic rings. The summed E-state index contributed by atoms with van der Waals surface area (Å²) in [5.41, 5.74) is -1.18. The maximum atomic E-state index is 12.1. The Bertz CT molecular complexity index is 663. The SMILES string of the molecule is CN=C(NCC(C)(O)c1ccco1)N1CCS(=O)(=O)C(C)(C)C1. The average molecular weight is 343 g/mol. The molecule has 2 N–H and O–H groups in total. The first kappa shape index (κ1) is 17.8. The van der Waals surface area contributed by atoms with Crippen LogP contribution in [0.3, 0.4) is 0 Å². The van der Waals surface area contributed by atoms with Gasteiger partial charge in [-0.1, -0.05) is 0 Å². The summed E-state index contributed by atoms with van der Waals surface area (Å²) in [6.45, 7) is 6.04. The van der Waals surface area contributed by atoms with E-state index in [1.165, 1.54) is 6.26 Å². The van der Waals surface area contributed by atoms with Crippen LogP contribution in [0.15, 0.2) is 27.8 Å². The molecule has 0 aliphatic carbocycles. The minimum Gasteiger partial charge on any atom is -0.466 e. The lowest BCUT2D eigenvalue weighted by atomic mass is 10.0. The standard InChI is InChI=1S/C15H25N3O4S/c1-14(2)11-18(7-9-23(14,20)21)13(16-4)17-10-15(3,19)12-6-5-8-22-12/h5-6,8,19H,7,9-11H2,1-4H3,(H,16,17). The molecule has 0 radical (unpaired) electrons. The number of sulfone groups is 1. The first-order chi connectivity index (χ1) is 10.6. The molecule has 130 valence electrons. The van der Waals surface area contributed by atoms with Gasteiger partial charge >= 0.3 is 0 Å². The van der Waals surface area contributed by atoms with Gasteiger partial charge in [0.2, 0.25) is 0 Å². The minimum atomic E-state index is -3.10. The predicted octanol–water partition coefficient (Wildman–Crippen LogP) is 0.572. The number of rotatable bonds is 3. The van der Waals surface area contributed by atoms with Crippen molar-refractivity contribution in [2.24, 2.45) is 4.99 Å². The van der Waals surface area contributed by atoms with Crippen molar-refractivity contribution in [1.82, 2.24) is 10.2 Å². The number of hydrogen-bond acceptors (Lipinski definition) is 5. The first-order valence-corrected chi connectivity index (χ1v) is 9.18. The number of nitrogens with zero attached hydrogens (tertiary/aromatic N) is 2. The van der Waals surface area contributed by atoms with E-state index >= 15 is 0 Å². The van der Waals surface area contributed by atoms with Gasteiger partial charge in [0.15, 0.2) is 15.8 Å². The summed E-state index contributed by atoms with van der Waals surface area (Å²) >= 11 is 0. The van der Waals surface area contributed by atoms with Gasteiger partial charge in [-0.2, -0.15) is 0 Å². The number of aliphatic imine (C=N–C) groups is 1. The Balaban J connectivity index is 2.05. The number of furan rings is 1. The van der Waals surface area contributed by atoms with Crippen molar-refractivity contribution in [3.63, 3.8) is 0 Å². The van der Waals surface area contributed by atoms with Crippen molar-refractivity contribution in [2.45, 2.75) is 31.1 Å². The van der Waals surface area contributed by atoms with Gasteiger partial charge < -0.3 is 19.7 Å². The van der Waals surface area contributed by atoms with E-state index in [9.17, 15) is 13.5 Å². The fraction of sp³-hybridized carbons (Fsp3) is 0.667. The highest BCUT2D eigenvalue weighted by atomic mass is 32.2. The number of guanidine groups is 1. The Morgan fingerprint density at radius 1 is 1.57 bits per heavy atom. The number of nitrogens with one attached hydrogen (secondary N) is 1. The second-order valence-electron chi connectivity index (χ2n) is 6.65. The highest BCUT2D eigenvalue weighted by Gasteiger charge is 2.41. The molecule has 0 saturated carbocycles. The van der Waals surface area contributed by atoms with Gasteiger partial charge in [-0.15, -0.1) is 0 Å². The van der Waals surface area contributed by atoms with Crippen molar-refractivity contribution in [3.05, 3.63) is 24.2 Å². The van der Waals surface area contributed by atoms with Crippen molar-refractivity contribution in [2.75, 3.05) is 32.4 Å². The molecule has 1 atom stereocenters. The van der Waals surface area contributed by atoms with E-state index in [-0.39, 0.29) is 12.3 Å². The van der Waals surface area contributed by atoms with Crippen molar-refractivity contribution in [1.29, 1.82) is 0 Å². The van der Waals surface area contributed by atoms with Gasteiger partial charge in [0.1, 0.15) is 11.4 Å². The zero-order valence-electron chi connectivity index (χ0n) is 14.0. The molecule has 1 aromatic heterocycles. The summed E-state index contributed by atoms with van der Waals surface area (Å²) in [6.07, 6.45) is 1.51. The zero-order chi connectivity index (χ0) is 17.3. The third-order valence-electron chi connectivity index (χ3n) is 4.20. The van der Waals surface area contributed by atoms with E-state index in [4.69, 9.17) is 4.42 Å². The van der Waals surface area contributed by atoms with E-state index in [1.54, 1.807) is 40.0 Å². The fourth-order valence-electron chi connectivity index (χ4n) is 2.58. The summed E-state index contributed by atoms with van der Waals surface area (Å²) < 4.78 is 28.6. The molecule has 1 saturated heterocycles. The second-order valence-corrected chi connectivity index (χ2v) is 9.39. The fourth-order valence-corrected chi connectivity index (χ4v) is 3.95. The van der Waals surface area contributed by atoms with Crippen LogP contribution in [-0.2, 0) is 15.4 Å². The van der Waals surface area contributed by atoms with Crippen LogP contribution in [0.5, 0.6) is 0 Å². The summed E-state index contributed by atoms with van der Waals surface area (Å²) in [4.78, 5) is 6.11. The van der Waals surface area contributed by atoms with Crippen molar-refractivity contribution in [3.8, 4) is 0 Å². The lowest BCUT2D eigenvalue weighted by Gasteiger charge is -2.39. The Morgan fingerprint density at radius 2 is 2.26 bits per heavy atom. The quantitative estimate of drug-likeness (QED) is 0.615. The number of hydrogen-bond donors (Lipinski definition) is 2. The monoisotopic (exact) mass is 343 g/mol. The molecule has 0 spiro atoms. The van der Waals surface area contributed by atoms with Gasteiger partial charge in [-0.3, -0.25) is 4.99 Å². The van der Waals surface area contributed by atoms with Crippen LogP contribution in [0.4, 0.5) is 0 Å². The molecule has 7 nitrogen and oxygen atoms in total. The molecule has 1 aliphatic heterocycles. The predicted molar refractivity (Wildman–Crippen MR) is 89.1 cm³/mol. The minimum absolute atomic E-state index is 0.0925. The molecule has 8 heteroatoms. The molecular formula is C15H25N3O4S. The molecule has 23 heavy (non-hydrogen) atoms. The molecule has 2 heterocycles. The second kappa shape index (κ2) is 6.16. The lowest BCUT2D eigenvalue weighted by molar-refractivity contribution is 0.0379. The van der Waals surface area contributed by atoms with Crippen LogP contribution in [0.25, 0.3) is 0 Å². The first-order valence-electron chi connectivity index (χ1n) is 7.53. The molecule has 0 amide bonds. The average Bonchev–Trinajstić information content (AvgIpc) is 2.98. The van der Waals surface area contributed by atoms with Crippen molar-refractivity contribution >= 4 is 15.8 Å². The number of aliphatic hydroxyl groups is 1. The molecule has 1 fully saturated rings. The molecule has 1 aliphatic rings. The summed E-state index contributed by atoms with van der Waals surface area (Å²) in [7, 11) is -1.46. The Kier molecular flexibility index (Phi) is 4.77. The van der Waals surface area contributed by atoms with Gasteiger partial charge in [-0.05, 0) is 32.9 Å². The molecule has 2 rings (SSSR count). The topological polar surface area (TPSA) is 95.1 Å². The van der Waals surface area contributed by atoms with Crippen molar-refractivity contribution < 1.29 is 17.9 Å². The lowest BCUT2D eigenvalue weighted by Crippen LogP contribution is -2.58. The third kappa shape index (κ3) is 3.69. The zero-order valence-corrected chi connectivity index (χ0v) is 14.9. The Hall–Kier alpha value is -1.54. The van der Waals surface area contributed by atoms with Gasteiger partial charge in [-0.25, -0.2) is 8.42 Å². The van der Waals surface area contributed by atoms with Crippen LogP contribution >= 0.6 is 0 Å². The molecule has 0 aromatic carbocycles. The van der Waals surface area contributed by atoms with E-state index in [1.807, 2.05) is 4.90 Å². The largest absolute Gasteiger partial charge is 0.466 e. The maximum absolute atomic E-state index is 12.1. The molecule has 1 unspecified atom stereocenters. The van der Waals surface area contributed by atoms with Crippen LogP contribution < -0.4 is 5.32 Å².